The Hall–Kier alpha value is 0.762. The number of aromatic hydroxyl groups is 1. The van der Waals surface area contributed by atoms with Crippen molar-refractivity contribution in [2.24, 2.45) is 0 Å². The van der Waals surface area contributed by atoms with Crippen LogP contribution in [0.3, 0.4) is 0 Å². The SMILES string of the molecule is CCNCC(O)c1ccc(O)cc1.Cl.Cl.Cl.Cl.[Pd]. The molecule has 0 aliphatic heterocycles. The number of likely N-dealkylation sites (N-methyl/N-ethyl adjacent to an activating group) is 1. The molecule has 0 amide bonds. The van der Waals surface area contributed by atoms with Crippen LogP contribution in [-0.2, 0) is 20.4 Å². The van der Waals surface area contributed by atoms with Crippen molar-refractivity contribution in [2.45, 2.75) is 13.0 Å². The largest absolute Gasteiger partial charge is 0.508 e. The molecule has 1 rings (SSSR count). The Morgan fingerprint density at radius 2 is 1.50 bits per heavy atom. The third-order valence-electron chi connectivity index (χ3n) is 1.87. The molecule has 0 aliphatic carbocycles. The number of hydrogen-bond acceptors (Lipinski definition) is 3. The second kappa shape index (κ2) is 17.8. The zero-order chi connectivity index (χ0) is 9.68. The normalized spacial score (nSPS) is 9.22. The fourth-order valence-corrected chi connectivity index (χ4v) is 1.10. The molecular weight excluding hydrogens is 414 g/mol. The van der Waals surface area contributed by atoms with Gasteiger partial charge in [0.2, 0.25) is 0 Å². The molecule has 0 bridgehead atoms. The first-order chi connectivity index (χ1) is 6.24. The topological polar surface area (TPSA) is 52.5 Å². The summed E-state index contributed by atoms with van der Waals surface area (Å²) in [6.07, 6.45) is -0.499. The molecule has 0 radical (unpaired) electrons. The molecule has 1 aromatic rings. The van der Waals surface area contributed by atoms with E-state index in [1.54, 1.807) is 24.3 Å². The van der Waals surface area contributed by atoms with Crippen molar-refractivity contribution >= 4 is 49.6 Å². The average molecular weight is 433 g/mol. The minimum absolute atomic E-state index is 0. The van der Waals surface area contributed by atoms with Gasteiger partial charge in [-0.3, -0.25) is 0 Å². The van der Waals surface area contributed by atoms with Crippen molar-refractivity contribution in [1.82, 2.24) is 5.32 Å². The summed E-state index contributed by atoms with van der Waals surface area (Å²) in [5, 5.41) is 21.7. The van der Waals surface area contributed by atoms with Gasteiger partial charge in [-0.2, -0.15) is 0 Å². The molecule has 0 spiro atoms. The number of hydrogen-bond donors (Lipinski definition) is 3. The van der Waals surface area contributed by atoms with Crippen LogP contribution in [0.1, 0.15) is 18.6 Å². The zero-order valence-electron chi connectivity index (χ0n) is 9.64. The molecule has 0 aromatic heterocycles. The Morgan fingerprint density at radius 1 is 1.06 bits per heavy atom. The van der Waals surface area contributed by atoms with Gasteiger partial charge in [-0.25, -0.2) is 0 Å². The Kier molecular flexibility index (Phi) is 30.8. The van der Waals surface area contributed by atoms with Crippen molar-refractivity contribution in [3.63, 3.8) is 0 Å². The maximum atomic E-state index is 9.60. The van der Waals surface area contributed by atoms with Gasteiger partial charge in [0, 0.05) is 27.0 Å². The second-order valence-electron chi connectivity index (χ2n) is 2.92. The number of halogens is 4. The fraction of sp³-hybridized carbons (Fsp3) is 0.400. The molecule has 114 valence electrons. The summed E-state index contributed by atoms with van der Waals surface area (Å²) in [5.74, 6) is 0.222. The van der Waals surface area contributed by atoms with Crippen molar-refractivity contribution < 1.29 is 30.6 Å². The number of rotatable bonds is 4. The van der Waals surface area contributed by atoms with Crippen molar-refractivity contribution in [3.8, 4) is 5.75 Å². The van der Waals surface area contributed by atoms with Gasteiger partial charge in [-0.1, -0.05) is 19.1 Å². The summed E-state index contributed by atoms with van der Waals surface area (Å²) in [6, 6.07) is 6.59. The van der Waals surface area contributed by atoms with Gasteiger partial charge < -0.3 is 15.5 Å². The first kappa shape index (κ1) is 31.3. The van der Waals surface area contributed by atoms with Crippen LogP contribution in [0.15, 0.2) is 24.3 Å². The van der Waals surface area contributed by atoms with E-state index in [0.29, 0.717) is 6.54 Å². The van der Waals surface area contributed by atoms with Crippen molar-refractivity contribution in [2.75, 3.05) is 13.1 Å². The van der Waals surface area contributed by atoms with Gasteiger partial charge in [0.15, 0.2) is 0 Å². The van der Waals surface area contributed by atoms with E-state index in [1.165, 1.54) is 0 Å². The smallest absolute Gasteiger partial charge is 0.115 e. The molecule has 0 aliphatic rings. The molecule has 0 fully saturated rings. The van der Waals surface area contributed by atoms with Crippen LogP contribution in [0.4, 0.5) is 0 Å². The van der Waals surface area contributed by atoms with E-state index in [4.69, 9.17) is 5.11 Å². The van der Waals surface area contributed by atoms with Crippen LogP contribution < -0.4 is 5.32 Å². The molecule has 0 heterocycles. The van der Waals surface area contributed by atoms with Crippen LogP contribution in [0.2, 0.25) is 0 Å². The molecule has 0 saturated heterocycles. The molecule has 3 nitrogen and oxygen atoms in total. The fourth-order valence-electron chi connectivity index (χ4n) is 1.10. The first-order valence-electron chi connectivity index (χ1n) is 4.41. The minimum atomic E-state index is -0.499. The summed E-state index contributed by atoms with van der Waals surface area (Å²) < 4.78 is 0. The third kappa shape index (κ3) is 11.8. The summed E-state index contributed by atoms with van der Waals surface area (Å²) in [7, 11) is 0. The predicted octanol–water partition coefficient (Wildman–Crippen LogP) is 2.72. The van der Waals surface area contributed by atoms with Crippen molar-refractivity contribution in [1.29, 1.82) is 0 Å². The Balaban J connectivity index is -0.000000113. The van der Waals surface area contributed by atoms with Gasteiger partial charge >= 0.3 is 0 Å². The number of phenols is 1. The van der Waals surface area contributed by atoms with Gasteiger partial charge in [-0.15, -0.1) is 49.6 Å². The van der Waals surface area contributed by atoms with Crippen LogP contribution in [0.5, 0.6) is 5.75 Å². The molecule has 1 unspecified atom stereocenters. The number of phenolic OH excluding ortho intramolecular Hbond substituents is 1. The van der Waals surface area contributed by atoms with E-state index in [2.05, 4.69) is 5.32 Å². The Bertz CT molecular complexity index is 265. The van der Waals surface area contributed by atoms with E-state index in [-0.39, 0.29) is 75.8 Å². The Labute approximate surface area is 146 Å². The molecular formula is C10H19Cl4NO2Pd. The summed E-state index contributed by atoms with van der Waals surface area (Å²) >= 11 is 0. The molecule has 1 atom stereocenters. The molecule has 0 saturated carbocycles. The second-order valence-corrected chi connectivity index (χ2v) is 2.92. The molecule has 3 N–H and O–H groups in total. The zero-order valence-corrected chi connectivity index (χ0v) is 14.5. The summed E-state index contributed by atoms with van der Waals surface area (Å²) in [6.45, 7) is 3.37. The van der Waals surface area contributed by atoms with Crippen LogP contribution in [-0.4, -0.2) is 23.3 Å². The minimum Gasteiger partial charge on any atom is -0.508 e. The standard InChI is InChI=1S/C10H15NO2.4ClH.Pd/c1-2-11-7-10(13)8-3-5-9(12)6-4-8;;;;;/h3-6,10-13H,2,7H2,1H3;4*1H;. The summed E-state index contributed by atoms with van der Waals surface area (Å²) in [4.78, 5) is 0. The van der Waals surface area contributed by atoms with E-state index < -0.39 is 6.10 Å². The third-order valence-corrected chi connectivity index (χ3v) is 1.87. The molecule has 18 heavy (non-hydrogen) atoms. The average Bonchev–Trinajstić information content (AvgIpc) is 2.15. The maximum Gasteiger partial charge on any atom is 0.115 e. The van der Waals surface area contributed by atoms with Gasteiger partial charge in [0.25, 0.3) is 0 Å². The molecule has 8 heteroatoms. The quantitative estimate of drug-likeness (QED) is 0.640. The maximum absolute atomic E-state index is 9.60. The van der Waals surface area contributed by atoms with Crippen LogP contribution in [0, 0.1) is 0 Å². The number of nitrogens with one attached hydrogen (secondary N) is 1. The monoisotopic (exact) mass is 431 g/mol. The van der Waals surface area contributed by atoms with Crippen molar-refractivity contribution in [3.05, 3.63) is 29.8 Å². The van der Waals surface area contributed by atoms with Gasteiger partial charge in [0.1, 0.15) is 5.75 Å². The number of benzene rings is 1. The number of aliphatic hydroxyl groups is 1. The predicted molar refractivity (Wildman–Crippen MR) is 80.6 cm³/mol. The van der Waals surface area contributed by atoms with Gasteiger partial charge in [0.05, 0.1) is 6.10 Å². The van der Waals surface area contributed by atoms with E-state index in [9.17, 15) is 5.11 Å². The van der Waals surface area contributed by atoms with Crippen LogP contribution >= 0.6 is 49.6 Å². The van der Waals surface area contributed by atoms with Gasteiger partial charge in [-0.05, 0) is 24.2 Å². The van der Waals surface area contributed by atoms with Crippen LogP contribution in [0.25, 0.3) is 0 Å². The first-order valence-corrected chi connectivity index (χ1v) is 4.41. The molecule has 1 aromatic carbocycles. The Morgan fingerprint density at radius 3 is 1.89 bits per heavy atom. The number of aliphatic hydroxyl groups excluding tert-OH is 1. The van der Waals surface area contributed by atoms with E-state index >= 15 is 0 Å². The summed E-state index contributed by atoms with van der Waals surface area (Å²) in [5.41, 5.74) is 0.818. The van der Waals surface area contributed by atoms with E-state index in [0.717, 1.165) is 12.1 Å². The van der Waals surface area contributed by atoms with E-state index in [1.807, 2.05) is 6.92 Å².